The van der Waals surface area contributed by atoms with Gasteiger partial charge < -0.3 is 19.2 Å². The predicted octanol–water partition coefficient (Wildman–Crippen LogP) is 4.57. The molecule has 0 spiro atoms. The second-order valence-electron chi connectivity index (χ2n) is 7.55. The number of aryl methyl sites for hydroxylation is 1. The van der Waals surface area contributed by atoms with Gasteiger partial charge >= 0.3 is 0 Å². The number of rotatable bonds is 8. The number of nitrogens with one attached hydrogen (secondary N) is 1. The second kappa shape index (κ2) is 10.5. The fraction of sp³-hybridized carbons (Fsp3) is 0.333. The van der Waals surface area contributed by atoms with Gasteiger partial charge in [-0.05, 0) is 36.2 Å². The molecule has 0 saturated carbocycles. The number of hydrogen-bond donors (Lipinski definition) is 1. The maximum Gasteiger partial charge on any atom is 0.236 e. The zero-order chi connectivity index (χ0) is 22.3. The molecule has 1 aliphatic rings. The number of benzene rings is 2. The van der Waals surface area contributed by atoms with Gasteiger partial charge in [0, 0.05) is 24.7 Å². The summed E-state index contributed by atoms with van der Waals surface area (Å²) in [5.74, 6) is 1.46. The minimum atomic E-state index is 0.0690. The zero-order valence-electron chi connectivity index (χ0n) is 17.9. The summed E-state index contributed by atoms with van der Waals surface area (Å²) in [6.45, 7) is 5.69. The van der Waals surface area contributed by atoms with Crippen molar-refractivity contribution in [3.8, 4) is 11.8 Å². The van der Waals surface area contributed by atoms with Gasteiger partial charge in [0.25, 0.3) is 0 Å². The Morgan fingerprint density at radius 1 is 1.19 bits per heavy atom. The predicted molar refractivity (Wildman–Crippen MR) is 122 cm³/mol. The molecule has 1 fully saturated rings. The number of oxazole rings is 1. The Bertz CT molecular complexity index is 1070. The van der Waals surface area contributed by atoms with E-state index in [1.165, 1.54) is 0 Å². The molecule has 2 heterocycles. The average molecular weight is 453 g/mol. The van der Waals surface area contributed by atoms with E-state index < -0.39 is 0 Å². The molecule has 0 amide bonds. The maximum atomic E-state index is 9.53. The number of nitriles is 1. The summed E-state index contributed by atoms with van der Waals surface area (Å²) >= 11 is 6.08. The molecule has 1 unspecified atom stereocenters. The number of anilines is 1. The molecule has 4 rings (SSSR count). The van der Waals surface area contributed by atoms with Crippen LogP contribution in [0.2, 0.25) is 5.02 Å². The quantitative estimate of drug-likeness (QED) is 0.535. The topological polar surface area (TPSA) is 83.5 Å². The minimum absolute atomic E-state index is 0.0690. The lowest BCUT2D eigenvalue weighted by atomic mass is 10.0. The highest BCUT2D eigenvalue weighted by molar-refractivity contribution is 6.30. The summed E-state index contributed by atoms with van der Waals surface area (Å²) in [7, 11) is 0. The first kappa shape index (κ1) is 22.2. The third-order valence-corrected chi connectivity index (χ3v) is 5.67. The van der Waals surface area contributed by atoms with Gasteiger partial charge in [-0.15, -0.1) is 0 Å². The summed E-state index contributed by atoms with van der Waals surface area (Å²) in [5.41, 5.74) is 2.37. The molecule has 0 aliphatic carbocycles. The molecule has 2 aromatic carbocycles. The summed E-state index contributed by atoms with van der Waals surface area (Å²) in [6.07, 6.45) is 0. The zero-order valence-corrected chi connectivity index (χ0v) is 18.6. The Hall–Kier alpha value is -3.05. The molecule has 1 saturated heterocycles. The van der Waals surface area contributed by atoms with Crippen LogP contribution in [0.25, 0.3) is 0 Å². The van der Waals surface area contributed by atoms with Crippen LogP contribution in [0, 0.1) is 18.3 Å². The normalized spacial score (nSPS) is 15.2. The van der Waals surface area contributed by atoms with Crippen LogP contribution in [0.1, 0.15) is 28.8 Å². The van der Waals surface area contributed by atoms with E-state index in [9.17, 15) is 5.26 Å². The highest BCUT2D eigenvalue weighted by Crippen LogP contribution is 2.26. The van der Waals surface area contributed by atoms with E-state index in [2.05, 4.69) is 21.3 Å². The van der Waals surface area contributed by atoms with E-state index in [0.29, 0.717) is 36.6 Å². The lowest BCUT2D eigenvalue weighted by Crippen LogP contribution is -2.41. The van der Waals surface area contributed by atoms with E-state index >= 15 is 0 Å². The van der Waals surface area contributed by atoms with E-state index in [4.69, 9.17) is 25.5 Å². The fourth-order valence-electron chi connectivity index (χ4n) is 3.70. The van der Waals surface area contributed by atoms with Gasteiger partial charge in [-0.2, -0.15) is 10.2 Å². The largest absolute Gasteiger partial charge is 0.484 e. The van der Waals surface area contributed by atoms with Gasteiger partial charge in [-0.25, -0.2) is 0 Å². The number of morpholine rings is 1. The van der Waals surface area contributed by atoms with Crippen LogP contribution in [0.4, 0.5) is 5.88 Å². The van der Waals surface area contributed by atoms with Crippen LogP contribution in [0.15, 0.2) is 52.9 Å². The first-order valence-electron chi connectivity index (χ1n) is 10.5. The summed E-state index contributed by atoms with van der Waals surface area (Å²) in [4.78, 5) is 6.63. The number of nitrogens with zero attached hydrogens (tertiary/aromatic N) is 3. The molecule has 1 aliphatic heterocycles. The van der Waals surface area contributed by atoms with Crippen LogP contribution in [-0.4, -0.2) is 42.7 Å². The summed E-state index contributed by atoms with van der Waals surface area (Å²) < 4.78 is 17.1. The number of ether oxygens (including phenoxy) is 2. The average Bonchev–Trinajstić information content (AvgIpc) is 3.22. The van der Waals surface area contributed by atoms with Crippen molar-refractivity contribution in [2.75, 3.05) is 38.2 Å². The third-order valence-electron chi connectivity index (χ3n) is 5.42. The molecule has 7 nitrogen and oxygen atoms in total. The van der Waals surface area contributed by atoms with Crippen LogP contribution in [0.5, 0.6) is 5.75 Å². The molecule has 0 bridgehead atoms. The van der Waals surface area contributed by atoms with Gasteiger partial charge in [0.05, 0.1) is 19.3 Å². The van der Waals surface area contributed by atoms with Gasteiger partial charge in [0.15, 0.2) is 6.61 Å². The second-order valence-corrected chi connectivity index (χ2v) is 7.98. The Balaban J connectivity index is 1.47. The highest BCUT2D eigenvalue weighted by Gasteiger charge is 2.24. The van der Waals surface area contributed by atoms with Crippen molar-refractivity contribution in [1.82, 2.24) is 9.88 Å². The summed E-state index contributed by atoms with van der Waals surface area (Å²) in [6, 6.07) is 17.7. The standard InChI is InChI=1S/C24H25ClN4O3/c1-17-4-2-3-5-22(17)31-16-23-28-20(14-26)24(32-23)27-15-21(29-10-12-30-13-11-29)18-6-8-19(25)9-7-18/h2-9,21,27H,10-13,15-16H2,1H3. The Kier molecular flexibility index (Phi) is 7.28. The molecule has 3 aromatic rings. The van der Waals surface area contributed by atoms with Crippen LogP contribution in [0.3, 0.4) is 0 Å². The molecule has 8 heteroatoms. The van der Waals surface area contributed by atoms with Crippen molar-refractivity contribution in [1.29, 1.82) is 5.26 Å². The summed E-state index contributed by atoms with van der Waals surface area (Å²) in [5, 5.41) is 13.5. The number of aromatic nitrogens is 1. The maximum absolute atomic E-state index is 9.53. The first-order chi connectivity index (χ1) is 15.6. The number of hydrogen-bond acceptors (Lipinski definition) is 7. The van der Waals surface area contributed by atoms with Crippen LogP contribution < -0.4 is 10.1 Å². The molecule has 166 valence electrons. The van der Waals surface area contributed by atoms with Crippen molar-refractivity contribution >= 4 is 17.5 Å². The Morgan fingerprint density at radius 3 is 2.66 bits per heavy atom. The van der Waals surface area contributed by atoms with Crippen molar-refractivity contribution in [2.45, 2.75) is 19.6 Å². The Labute approximate surface area is 192 Å². The molecular weight excluding hydrogens is 428 g/mol. The highest BCUT2D eigenvalue weighted by atomic mass is 35.5. The van der Waals surface area contributed by atoms with Gasteiger partial charge in [-0.3, -0.25) is 4.90 Å². The fourth-order valence-corrected chi connectivity index (χ4v) is 3.83. The van der Waals surface area contributed by atoms with Gasteiger partial charge in [0.1, 0.15) is 11.8 Å². The smallest absolute Gasteiger partial charge is 0.236 e. The first-order valence-corrected chi connectivity index (χ1v) is 10.9. The van der Waals surface area contributed by atoms with Gasteiger partial charge in [-0.1, -0.05) is 41.9 Å². The van der Waals surface area contributed by atoms with E-state index in [-0.39, 0.29) is 18.3 Å². The van der Waals surface area contributed by atoms with Crippen LogP contribution >= 0.6 is 11.6 Å². The van der Waals surface area contributed by atoms with Crippen LogP contribution in [-0.2, 0) is 11.3 Å². The molecular formula is C24H25ClN4O3. The number of halogens is 1. The van der Waals surface area contributed by atoms with Crippen molar-refractivity contribution in [3.63, 3.8) is 0 Å². The molecule has 1 aromatic heterocycles. The lowest BCUT2D eigenvalue weighted by molar-refractivity contribution is 0.0186. The monoisotopic (exact) mass is 452 g/mol. The molecule has 1 N–H and O–H groups in total. The molecule has 32 heavy (non-hydrogen) atoms. The SMILES string of the molecule is Cc1ccccc1OCc1nc(C#N)c(NCC(c2ccc(Cl)cc2)N2CCOCC2)o1. The van der Waals surface area contributed by atoms with Crippen molar-refractivity contribution in [2.24, 2.45) is 0 Å². The van der Waals surface area contributed by atoms with E-state index in [0.717, 1.165) is 30.0 Å². The van der Waals surface area contributed by atoms with Crippen molar-refractivity contribution < 1.29 is 13.9 Å². The minimum Gasteiger partial charge on any atom is -0.484 e. The Morgan fingerprint density at radius 2 is 1.94 bits per heavy atom. The third kappa shape index (κ3) is 5.40. The van der Waals surface area contributed by atoms with E-state index in [1.54, 1.807) is 0 Å². The molecule has 1 atom stereocenters. The lowest BCUT2D eigenvalue weighted by Gasteiger charge is -2.34. The van der Waals surface area contributed by atoms with E-state index in [1.807, 2.05) is 55.5 Å². The van der Waals surface area contributed by atoms with Crippen molar-refractivity contribution in [3.05, 3.63) is 76.3 Å². The number of para-hydroxylation sites is 1. The van der Waals surface area contributed by atoms with Gasteiger partial charge in [0.2, 0.25) is 17.5 Å². The molecule has 0 radical (unpaired) electrons.